The number of aryl methyl sites for hydroxylation is 2. The molecule has 0 aliphatic heterocycles. The first kappa shape index (κ1) is 14.7. The molecule has 0 saturated carbocycles. The summed E-state index contributed by atoms with van der Waals surface area (Å²) < 4.78 is 3.86. The van der Waals surface area contributed by atoms with Crippen LogP contribution in [0.3, 0.4) is 0 Å². The van der Waals surface area contributed by atoms with Crippen LogP contribution in [0, 0.1) is 6.92 Å². The zero-order valence-corrected chi connectivity index (χ0v) is 12.8. The summed E-state index contributed by atoms with van der Waals surface area (Å²) in [5.41, 5.74) is 3.11. The number of aromatic nitrogens is 2. The van der Waals surface area contributed by atoms with Crippen LogP contribution >= 0.6 is 11.5 Å². The molecule has 0 aliphatic carbocycles. The van der Waals surface area contributed by atoms with Crippen molar-refractivity contribution in [2.45, 2.75) is 39.7 Å². The van der Waals surface area contributed by atoms with Gasteiger partial charge in [0.2, 0.25) is 0 Å². The summed E-state index contributed by atoms with van der Waals surface area (Å²) in [7, 11) is 0. The van der Waals surface area contributed by atoms with Gasteiger partial charge in [-0.25, -0.2) is 0 Å². The molecule has 2 rings (SSSR count). The number of carbonyl (C=O) groups excluding carboxylic acids is 1. The van der Waals surface area contributed by atoms with Gasteiger partial charge in [-0.2, -0.15) is 0 Å². The van der Waals surface area contributed by atoms with Crippen molar-refractivity contribution in [1.82, 2.24) is 14.9 Å². The largest absolute Gasteiger partial charge is 0.344 e. The molecule has 1 aromatic carbocycles. The lowest BCUT2D eigenvalue weighted by Crippen LogP contribution is -2.28. The zero-order chi connectivity index (χ0) is 14.5. The number of amides is 1. The van der Waals surface area contributed by atoms with Crippen molar-refractivity contribution >= 4 is 17.4 Å². The molecular weight excluding hydrogens is 270 g/mol. The third-order valence-electron chi connectivity index (χ3n) is 3.29. The monoisotopic (exact) mass is 289 g/mol. The second kappa shape index (κ2) is 6.61. The maximum Gasteiger partial charge on any atom is 0.265 e. The first-order valence-electron chi connectivity index (χ1n) is 6.84. The molecule has 1 N–H and O–H groups in total. The van der Waals surface area contributed by atoms with Gasteiger partial charge in [0.25, 0.3) is 5.91 Å². The highest BCUT2D eigenvalue weighted by atomic mass is 32.1. The van der Waals surface area contributed by atoms with Crippen LogP contribution < -0.4 is 5.32 Å². The zero-order valence-electron chi connectivity index (χ0n) is 12.0. The van der Waals surface area contributed by atoms with E-state index in [2.05, 4.69) is 53.0 Å². The van der Waals surface area contributed by atoms with E-state index in [-0.39, 0.29) is 11.9 Å². The number of hydrogen-bond donors (Lipinski definition) is 1. The Bertz CT molecular complexity index is 577. The highest BCUT2D eigenvalue weighted by Gasteiger charge is 2.19. The van der Waals surface area contributed by atoms with E-state index < -0.39 is 0 Å². The summed E-state index contributed by atoms with van der Waals surface area (Å²) in [5.74, 6) is -0.0794. The Morgan fingerprint density at radius 1 is 1.30 bits per heavy atom. The van der Waals surface area contributed by atoms with E-state index in [0.717, 1.165) is 35.6 Å². The fraction of sp³-hybridized carbons (Fsp3) is 0.400. The molecule has 20 heavy (non-hydrogen) atoms. The van der Waals surface area contributed by atoms with Crippen LogP contribution in [0.25, 0.3) is 0 Å². The maximum atomic E-state index is 12.3. The highest BCUT2D eigenvalue weighted by molar-refractivity contribution is 7.08. The van der Waals surface area contributed by atoms with Gasteiger partial charge in [-0.05, 0) is 36.9 Å². The fourth-order valence-electron chi connectivity index (χ4n) is 2.06. The Hall–Kier alpha value is -1.75. The number of nitrogens with one attached hydrogen (secondary N) is 1. The summed E-state index contributed by atoms with van der Waals surface area (Å²) in [4.78, 5) is 12.9. The predicted molar refractivity (Wildman–Crippen MR) is 81.0 cm³/mol. The normalized spacial score (nSPS) is 12.2. The van der Waals surface area contributed by atoms with Gasteiger partial charge in [0, 0.05) is 0 Å². The molecule has 0 saturated heterocycles. The van der Waals surface area contributed by atoms with Crippen LogP contribution in [0.4, 0.5) is 0 Å². The van der Waals surface area contributed by atoms with E-state index in [1.807, 2.05) is 6.92 Å². The van der Waals surface area contributed by atoms with Crippen LogP contribution in [0.1, 0.15) is 52.8 Å². The Morgan fingerprint density at radius 3 is 2.60 bits per heavy atom. The Balaban J connectivity index is 2.14. The number of benzene rings is 1. The molecule has 0 bridgehead atoms. The number of rotatable bonds is 5. The van der Waals surface area contributed by atoms with Crippen molar-refractivity contribution < 1.29 is 4.79 Å². The van der Waals surface area contributed by atoms with Crippen LogP contribution in [-0.2, 0) is 6.42 Å². The Kier molecular flexibility index (Phi) is 4.84. The second-order valence-electron chi connectivity index (χ2n) is 4.75. The van der Waals surface area contributed by atoms with Crippen molar-refractivity contribution in [3.63, 3.8) is 0 Å². The first-order chi connectivity index (χ1) is 9.65. The predicted octanol–water partition coefficient (Wildman–Crippen LogP) is 3.29. The molecule has 0 aliphatic rings. The molecule has 2 aromatic rings. The molecule has 1 atom stereocenters. The van der Waals surface area contributed by atoms with Gasteiger partial charge in [0.15, 0.2) is 0 Å². The van der Waals surface area contributed by atoms with Gasteiger partial charge in [-0.3, -0.25) is 4.79 Å². The molecule has 1 unspecified atom stereocenters. The number of hydrogen-bond acceptors (Lipinski definition) is 4. The quantitative estimate of drug-likeness (QED) is 0.919. The minimum atomic E-state index is -0.0794. The van der Waals surface area contributed by atoms with Gasteiger partial charge in [0.05, 0.1) is 11.7 Å². The van der Waals surface area contributed by atoms with Gasteiger partial charge >= 0.3 is 0 Å². The van der Waals surface area contributed by atoms with Gasteiger partial charge in [-0.15, -0.1) is 5.10 Å². The minimum Gasteiger partial charge on any atom is -0.344 e. The molecule has 0 fully saturated rings. The first-order valence-corrected chi connectivity index (χ1v) is 7.61. The molecule has 5 heteroatoms. The fourth-order valence-corrected chi connectivity index (χ4v) is 2.71. The summed E-state index contributed by atoms with van der Waals surface area (Å²) >= 11 is 1.16. The van der Waals surface area contributed by atoms with Crippen molar-refractivity contribution in [3.8, 4) is 0 Å². The molecule has 4 nitrogen and oxygen atoms in total. The van der Waals surface area contributed by atoms with Crippen LogP contribution in [0.15, 0.2) is 24.3 Å². The average Bonchev–Trinajstić information content (AvgIpc) is 2.94. The van der Waals surface area contributed by atoms with Crippen molar-refractivity contribution in [2.24, 2.45) is 0 Å². The lowest BCUT2D eigenvalue weighted by molar-refractivity contribution is 0.0938. The van der Waals surface area contributed by atoms with Gasteiger partial charge < -0.3 is 5.32 Å². The molecule has 0 radical (unpaired) electrons. The average molecular weight is 289 g/mol. The maximum absolute atomic E-state index is 12.3. The number of carbonyl (C=O) groups is 1. The molecule has 106 valence electrons. The van der Waals surface area contributed by atoms with Crippen molar-refractivity contribution in [3.05, 3.63) is 46.0 Å². The summed E-state index contributed by atoms with van der Waals surface area (Å²) in [6, 6.07) is 8.28. The van der Waals surface area contributed by atoms with Gasteiger partial charge in [-0.1, -0.05) is 48.2 Å². The van der Waals surface area contributed by atoms with Crippen LogP contribution in [0.5, 0.6) is 0 Å². The lowest BCUT2D eigenvalue weighted by atomic mass is 10.0. The number of nitrogens with zero attached hydrogens (tertiary/aromatic N) is 2. The molecular formula is C15H19N3OS. The minimum absolute atomic E-state index is 0.0231. The molecule has 1 aromatic heterocycles. The Morgan fingerprint density at radius 2 is 2.00 bits per heavy atom. The summed E-state index contributed by atoms with van der Waals surface area (Å²) in [5, 5.41) is 7.05. The van der Waals surface area contributed by atoms with E-state index in [0.29, 0.717) is 4.88 Å². The van der Waals surface area contributed by atoms with Crippen LogP contribution in [-0.4, -0.2) is 15.5 Å². The third kappa shape index (κ3) is 3.22. The third-order valence-corrected chi connectivity index (χ3v) is 4.06. The van der Waals surface area contributed by atoms with Crippen molar-refractivity contribution in [1.29, 1.82) is 0 Å². The van der Waals surface area contributed by atoms with Crippen LogP contribution in [0.2, 0.25) is 0 Å². The lowest BCUT2D eigenvalue weighted by Gasteiger charge is -2.17. The van der Waals surface area contributed by atoms with E-state index >= 15 is 0 Å². The van der Waals surface area contributed by atoms with Crippen molar-refractivity contribution in [2.75, 3.05) is 0 Å². The smallest absolute Gasteiger partial charge is 0.265 e. The van der Waals surface area contributed by atoms with Gasteiger partial charge in [0.1, 0.15) is 4.88 Å². The summed E-state index contributed by atoms with van der Waals surface area (Å²) in [6.07, 6.45) is 1.57. The summed E-state index contributed by atoms with van der Waals surface area (Å²) in [6.45, 7) is 6.10. The topological polar surface area (TPSA) is 54.9 Å². The Labute approximate surface area is 123 Å². The molecule has 0 spiro atoms. The van der Waals surface area contributed by atoms with E-state index in [4.69, 9.17) is 0 Å². The molecule has 1 amide bonds. The second-order valence-corrected chi connectivity index (χ2v) is 5.50. The highest BCUT2D eigenvalue weighted by Crippen LogP contribution is 2.19. The SMILES string of the molecule is CCc1nnsc1C(=O)NC(CC)c1ccc(C)cc1. The van der Waals surface area contributed by atoms with E-state index in [9.17, 15) is 4.79 Å². The molecule has 1 heterocycles. The van der Waals surface area contributed by atoms with E-state index in [1.54, 1.807) is 0 Å². The van der Waals surface area contributed by atoms with E-state index in [1.165, 1.54) is 5.56 Å². The standard InChI is InChI=1S/C15H19N3OS/c1-4-12(11-8-6-10(3)7-9-11)16-15(19)14-13(5-2)17-18-20-14/h6-9,12H,4-5H2,1-3H3,(H,16,19).